The zero-order chi connectivity index (χ0) is 23.4. The van der Waals surface area contributed by atoms with E-state index in [0.29, 0.717) is 35.9 Å². The fraction of sp³-hybridized carbons (Fsp3) is 0.185. The molecule has 5 nitrogen and oxygen atoms in total. The van der Waals surface area contributed by atoms with Crippen molar-refractivity contribution < 1.29 is 19.4 Å². The third-order valence-electron chi connectivity index (χ3n) is 5.65. The van der Waals surface area contributed by atoms with E-state index in [1.807, 2.05) is 49.4 Å². The average Bonchev–Trinajstić information content (AvgIpc) is 3.09. The van der Waals surface area contributed by atoms with Gasteiger partial charge in [-0.2, -0.15) is 0 Å². The summed E-state index contributed by atoms with van der Waals surface area (Å²) < 4.78 is 5.53. The van der Waals surface area contributed by atoms with E-state index in [0.717, 1.165) is 11.1 Å². The first-order chi connectivity index (χ1) is 16.0. The van der Waals surface area contributed by atoms with Crippen LogP contribution in [0.3, 0.4) is 0 Å². The number of likely N-dealkylation sites (tertiary alicyclic amines) is 1. The van der Waals surface area contributed by atoms with Crippen LogP contribution in [0.2, 0.25) is 5.02 Å². The fourth-order valence-corrected chi connectivity index (χ4v) is 4.15. The smallest absolute Gasteiger partial charge is 0.295 e. The molecule has 1 N–H and O–H groups in total. The van der Waals surface area contributed by atoms with Crippen LogP contribution in [0.15, 0.2) is 84.4 Å². The number of hydrogen-bond acceptors (Lipinski definition) is 4. The molecule has 1 aliphatic rings. The Bertz CT molecular complexity index is 1170. The van der Waals surface area contributed by atoms with Gasteiger partial charge in [-0.05, 0) is 60.9 Å². The molecule has 1 fully saturated rings. The summed E-state index contributed by atoms with van der Waals surface area (Å²) in [6.45, 7) is 2.77. The van der Waals surface area contributed by atoms with Crippen LogP contribution in [0.4, 0.5) is 0 Å². The van der Waals surface area contributed by atoms with Crippen LogP contribution in [0, 0.1) is 0 Å². The first-order valence-corrected chi connectivity index (χ1v) is 11.2. The molecular weight excluding hydrogens is 438 g/mol. The molecule has 1 amide bonds. The molecule has 0 spiro atoms. The number of hydrogen-bond donors (Lipinski definition) is 1. The zero-order valence-electron chi connectivity index (χ0n) is 18.2. The van der Waals surface area contributed by atoms with Crippen molar-refractivity contribution in [2.24, 2.45) is 0 Å². The molecule has 1 atom stereocenters. The Hall–Kier alpha value is -3.57. The van der Waals surface area contributed by atoms with E-state index in [2.05, 4.69) is 0 Å². The van der Waals surface area contributed by atoms with E-state index >= 15 is 0 Å². The Morgan fingerprint density at radius 2 is 1.64 bits per heavy atom. The largest absolute Gasteiger partial charge is 0.507 e. The molecule has 0 aromatic heterocycles. The predicted octanol–water partition coefficient (Wildman–Crippen LogP) is 5.40. The second kappa shape index (κ2) is 9.92. The van der Waals surface area contributed by atoms with Gasteiger partial charge in [0.2, 0.25) is 0 Å². The Labute approximate surface area is 197 Å². The van der Waals surface area contributed by atoms with Crippen LogP contribution in [-0.2, 0) is 16.0 Å². The molecular formula is C27H24ClNO4. The molecule has 4 rings (SSSR count). The molecule has 3 aromatic carbocycles. The molecule has 0 bridgehead atoms. The number of benzene rings is 3. The van der Waals surface area contributed by atoms with E-state index in [-0.39, 0.29) is 11.3 Å². The molecule has 168 valence electrons. The molecule has 0 saturated carbocycles. The van der Waals surface area contributed by atoms with E-state index < -0.39 is 17.7 Å². The maximum absolute atomic E-state index is 13.1. The molecule has 33 heavy (non-hydrogen) atoms. The molecule has 1 heterocycles. The Balaban J connectivity index is 1.76. The Kier molecular flexibility index (Phi) is 6.80. The summed E-state index contributed by atoms with van der Waals surface area (Å²) >= 11 is 5.98. The van der Waals surface area contributed by atoms with Gasteiger partial charge in [0, 0.05) is 17.1 Å². The average molecular weight is 462 g/mol. The third kappa shape index (κ3) is 4.78. The van der Waals surface area contributed by atoms with Crippen LogP contribution in [-0.4, -0.2) is 34.8 Å². The van der Waals surface area contributed by atoms with Crippen molar-refractivity contribution in [2.75, 3.05) is 13.2 Å². The maximum atomic E-state index is 13.1. The summed E-state index contributed by atoms with van der Waals surface area (Å²) in [5, 5.41) is 11.6. The van der Waals surface area contributed by atoms with Gasteiger partial charge in [0.1, 0.15) is 11.5 Å². The van der Waals surface area contributed by atoms with Gasteiger partial charge < -0.3 is 14.7 Å². The highest BCUT2D eigenvalue weighted by atomic mass is 35.5. The van der Waals surface area contributed by atoms with Gasteiger partial charge in [-0.3, -0.25) is 9.59 Å². The highest BCUT2D eigenvalue weighted by molar-refractivity contribution is 6.46. The monoisotopic (exact) mass is 461 g/mol. The van der Waals surface area contributed by atoms with E-state index in [4.69, 9.17) is 16.3 Å². The normalized spacial score (nSPS) is 17.4. The van der Waals surface area contributed by atoms with Crippen LogP contribution in [0.1, 0.15) is 29.7 Å². The minimum Gasteiger partial charge on any atom is -0.507 e. The number of aliphatic hydroxyl groups is 1. The Morgan fingerprint density at radius 3 is 2.27 bits per heavy atom. The molecule has 6 heteroatoms. The lowest BCUT2D eigenvalue weighted by Gasteiger charge is -2.25. The van der Waals surface area contributed by atoms with E-state index in [1.165, 1.54) is 4.90 Å². The van der Waals surface area contributed by atoms with Crippen LogP contribution in [0.25, 0.3) is 5.76 Å². The van der Waals surface area contributed by atoms with Crippen LogP contribution >= 0.6 is 11.6 Å². The highest BCUT2D eigenvalue weighted by Gasteiger charge is 2.45. The summed E-state index contributed by atoms with van der Waals surface area (Å²) in [4.78, 5) is 27.7. The second-order valence-electron chi connectivity index (χ2n) is 7.74. The zero-order valence-corrected chi connectivity index (χ0v) is 19.0. The SMILES string of the molecule is CCOc1ccc(C2C(=C(O)c3ccc(Cl)cc3)C(=O)C(=O)N2CCc2ccccc2)cc1. The van der Waals surface area contributed by atoms with Crippen molar-refractivity contribution in [1.82, 2.24) is 4.90 Å². The van der Waals surface area contributed by atoms with Crippen molar-refractivity contribution in [3.63, 3.8) is 0 Å². The van der Waals surface area contributed by atoms with Crippen LogP contribution < -0.4 is 4.74 Å². The summed E-state index contributed by atoms with van der Waals surface area (Å²) in [6, 6.07) is 22.8. The van der Waals surface area contributed by atoms with Crippen molar-refractivity contribution in [1.29, 1.82) is 0 Å². The van der Waals surface area contributed by atoms with Crippen molar-refractivity contribution in [3.05, 3.63) is 106 Å². The lowest BCUT2D eigenvalue weighted by molar-refractivity contribution is -0.139. The van der Waals surface area contributed by atoms with E-state index in [9.17, 15) is 14.7 Å². The quantitative estimate of drug-likeness (QED) is 0.290. The molecule has 3 aromatic rings. The van der Waals surface area contributed by atoms with Crippen molar-refractivity contribution in [3.8, 4) is 5.75 Å². The summed E-state index contributed by atoms with van der Waals surface area (Å²) in [5.41, 5.74) is 2.28. The number of rotatable bonds is 7. The number of carbonyl (C=O) groups is 2. The molecule has 1 saturated heterocycles. The summed E-state index contributed by atoms with van der Waals surface area (Å²) in [7, 11) is 0. The minimum absolute atomic E-state index is 0.0690. The first-order valence-electron chi connectivity index (χ1n) is 10.8. The predicted molar refractivity (Wildman–Crippen MR) is 128 cm³/mol. The first kappa shape index (κ1) is 22.6. The van der Waals surface area contributed by atoms with E-state index in [1.54, 1.807) is 36.4 Å². The number of halogens is 1. The van der Waals surface area contributed by atoms with Crippen molar-refractivity contribution in [2.45, 2.75) is 19.4 Å². The maximum Gasteiger partial charge on any atom is 0.295 e. The summed E-state index contributed by atoms with van der Waals surface area (Å²) in [6.07, 6.45) is 0.586. The van der Waals surface area contributed by atoms with Gasteiger partial charge in [-0.1, -0.05) is 54.1 Å². The molecule has 0 aliphatic carbocycles. The van der Waals surface area contributed by atoms with Gasteiger partial charge in [0.15, 0.2) is 0 Å². The van der Waals surface area contributed by atoms with Gasteiger partial charge in [-0.15, -0.1) is 0 Å². The van der Waals surface area contributed by atoms with Gasteiger partial charge in [-0.25, -0.2) is 0 Å². The topological polar surface area (TPSA) is 66.8 Å². The van der Waals surface area contributed by atoms with Gasteiger partial charge in [0.05, 0.1) is 18.2 Å². The number of nitrogens with zero attached hydrogens (tertiary/aromatic N) is 1. The van der Waals surface area contributed by atoms with Gasteiger partial charge in [0.25, 0.3) is 11.7 Å². The number of aliphatic hydroxyl groups excluding tert-OH is 1. The lowest BCUT2D eigenvalue weighted by atomic mass is 9.95. The number of carbonyl (C=O) groups excluding carboxylic acids is 2. The van der Waals surface area contributed by atoms with Crippen LogP contribution in [0.5, 0.6) is 5.75 Å². The molecule has 1 unspecified atom stereocenters. The Morgan fingerprint density at radius 1 is 0.970 bits per heavy atom. The van der Waals surface area contributed by atoms with Crippen molar-refractivity contribution >= 4 is 29.1 Å². The minimum atomic E-state index is -0.708. The second-order valence-corrected chi connectivity index (χ2v) is 8.17. The summed E-state index contributed by atoms with van der Waals surface area (Å²) in [5.74, 6) is -0.846. The highest BCUT2D eigenvalue weighted by Crippen LogP contribution is 2.40. The third-order valence-corrected chi connectivity index (χ3v) is 5.90. The molecule has 1 aliphatic heterocycles. The number of Topliss-reactive ketones (excluding diaryl/α,β-unsaturated/α-hetero) is 1. The fourth-order valence-electron chi connectivity index (χ4n) is 4.03. The molecule has 0 radical (unpaired) electrons. The number of ether oxygens (including phenoxy) is 1. The van der Waals surface area contributed by atoms with Gasteiger partial charge >= 0.3 is 0 Å². The number of amides is 1. The standard InChI is InChI=1S/C27H24ClNO4/c1-2-33-22-14-10-19(11-15-22)24-23(25(30)20-8-12-21(28)13-9-20)26(31)27(32)29(24)17-16-18-6-4-3-5-7-18/h3-15,24,30H,2,16-17H2,1H3. The number of ketones is 1. The lowest BCUT2D eigenvalue weighted by Crippen LogP contribution is -2.31.